The fourth-order valence-electron chi connectivity index (χ4n) is 2.42. The van der Waals surface area contributed by atoms with Gasteiger partial charge in [0.2, 0.25) is 5.90 Å². The summed E-state index contributed by atoms with van der Waals surface area (Å²) in [6.07, 6.45) is -0.958. The lowest BCUT2D eigenvalue weighted by Crippen LogP contribution is -2.31. The molecule has 6 heteroatoms. The third-order valence-corrected chi connectivity index (χ3v) is 3.37. The number of hydrogen-bond acceptors (Lipinski definition) is 3. The van der Waals surface area contributed by atoms with Crippen LogP contribution >= 0.6 is 0 Å². The van der Waals surface area contributed by atoms with Crippen molar-refractivity contribution in [3.05, 3.63) is 11.6 Å². The second-order valence-corrected chi connectivity index (χ2v) is 4.80. The van der Waals surface area contributed by atoms with E-state index in [0.717, 1.165) is 25.1 Å². The standard InChI is InChI=1S/C12H17F3N2O/c1-18-11-6-9(4-8-2-3-16-7-8)5-10(17-11)12(13,14)15/h6,8,10,16H,2-5,7H2,1H3. The lowest BCUT2D eigenvalue weighted by Gasteiger charge is -2.23. The van der Waals surface area contributed by atoms with Crippen molar-refractivity contribution in [3.8, 4) is 0 Å². The van der Waals surface area contributed by atoms with E-state index in [9.17, 15) is 13.2 Å². The average Bonchev–Trinajstić information content (AvgIpc) is 2.80. The minimum Gasteiger partial charge on any atom is -0.481 e. The van der Waals surface area contributed by atoms with Crippen molar-refractivity contribution >= 4 is 5.90 Å². The van der Waals surface area contributed by atoms with E-state index in [1.165, 1.54) is 7.11 Å². The summed E-state index contributed by atoms with van der Waals surface area (Å²) in [5.41, 5.74) is 0.790. The fourth-order valence-corrected chi connectivity index (χ4v) is 2.42. The maximum atomic E-state index is 12.7. The Morgan fingerprint density at radius 2 is 2.28 bits per heavy atom. The monoisotopic (exact) mass is 262 g/mol. The Bertz CT molecular complexity index is 357. The zero-order valence-corrected chi connectivity index (χ0v) is 10.3. The highest BCUT2D eigenvalue weighted by Gasteiger charge is 2.41. The molecule has 1 saturated heterocycles. The predicted molar refractivity (Wildman–Crippen MR) is 62.6 cm³/mol. The largest absolute Gasteiger partial charge is 0.481 e. The zero-order chi connectivity index (χ0) is 13.2. The van der Waals surface area contributed by atoms with Gasteiger partial charge in [0, 0.05) is 6.42 Å². The van der Waals surface area contributed by atoms with Gasteiger partial charge in [0.1, 0.15) is 0 Å². The summed E-state index contributed by atoms with van der Waals surface area (Å²) in [4.78, 5) is 3.57. The third kappa shape index (κ3) is 3.25. The SMILES string of the molecule is COC1=NC(C(F)(F)F)CC(CC2CCNC2)=C1. The molecule has 1 N–H and O–H groups in total. The van der Waals surface area contributed by atoms with E-state index in [-0.39, 0.29) is 12.3 Å². The van der Waals surface area contributed by atoms with Gasteiger partial charge in [-0.05, 0) is 37.9 Å². The molecule has 2 atom stereocenters. The maximum Gasteiger partial charge on any atom is 0.411 e. The van der Waals surface area contributed by atoms with E-state index in [0.29, 0.717) is 12.3 Å². The molecule has 0 saturated carbocycles. The second kappa shape index (κ2) is 5.30. The number of rotatable bonds is 2. The van der Waals surface area contributed by atoms with Gasteiger partial charge in [0.05, 0.1) is 7.11 Å². The summed E-state index contributed by atoms with van der Waals surface area (Å²) < 4.78 is 43.1. The van der Waals surface area contributed by atoms with Crippen molar-refractivity contribution in [2.75, 3.05) is 20.2 Å². The summed E-state index contributed by atoms with van der Waals surface area (Å²) in [7, 11) is 1.35. The van der Waals surface area contributed by atoms with Crippen LogP contribution in [0.5, 0.6) is 0 Å². The van der Waals surface area contributed by atoms with Gasteiger partial charge in [-0.1, -0.05) is 5.57 Å². The highest BCUT2D eigenvalue weighted by atomic mass is 19.4. The van der Waals surface area contributed by atoms with Crippen LogP contribution in [0.25, 0.3) is 0 Å². The first-order chi connectivity index (χ1) is 8.49. The van der Waals surface area contributed by atoms with Gasteiger partial charge in [0.15, 0.2) is 6.04 Å². The van der Waals surface area contributed by atoms with Crippen molar-refractivity contribution in [1.29, 1.82) is 0 Å². The van der Waals surface area contributed by atoms with Gasteiger partial charge in [-0.15, -0.1) is 0 Å². The lowest BCUT2D eigenvalue weighted by atomic mass is 9.92. The smallest absolute Gasteiger partial charge is 0.411 e. The number of methoxy groups -OCH3 is 1. The quantitative estimate of drug-likeness (QED) is 0.828. The van der Waals surface area contributed by atoms with Crippen LogP contribution in [0.1, 0.15) is 19.3 Å². The topological polar surface area (TPSA) is 33.6 Å². The highest BCUT2D eigenvalue weighted by molar-refractivity contribution is 5.89. The minimum absolute atomic E-state index is 0.0349. The normalized spacial score (nSPS) is 28.9. The molecule has 0 amide bonds. The van der Waals surface area contributed by atoms with Crippen molar-refractivity contribution < 1.29 is 17.9 Å². The number of aliphatic imine (C=N–C) groups is 1. The number of hydrogen-bond donors (Lipinski definition) is 1. The predicted octanol–water partition coefficient (Wildman–Crippen LogP) is 2.29. The zero-order valence-electron chi connectivity index (χ0n) is 10.3. The van der Waals surface area contributed by atoms with E-state index in [4.69, 9.17) is 4.74 Å². The van der Waals surface area contributed by atoms with Crippen LogP contribution in [0.15, 0.2) is 16.6 Å². The van der Waals surface area contributed by atoms with E-state index in [1.54, 1.807) is 6.08 Å². The number of halogens is 3. The Balaban J connectivity index is 2.06. The molecule has 2 rings (SSSR count). The van der Waals surface area contributed by atoms with E-state index in [2.05, 4.69) is 10.3 Å². The van der Waals surface area contributed by atoms with E-state index >= 15 is 0 Å². The first-order valence-electron chi connectivity index (χ1n) is 6.07. The van der Waals surface area contributed by atoms with Crippen LogP contribution < -0.4 is 5.32 Å². The van der Waals surface area contributed by atoms with Crippen molar-refractivity contribution in [2.45, 2.75) is 31.5 Å². The van der Waals surface area contributed by atoms with Crippen LogP contribution in [0.2, 0.25) is 0 Å². The Morgan fingerprint density at radius 1 is 1.50 bits per heavy atom. The summed E-state index contributed by atoms with van der Waals surface area (Å²) in [6.45, 7) is 1.83. The number of alkyl halides is 3. The molecule has 102 valence electrons. The van der Waals surface area contributed by atoms with Gasteiger partial charge < -0.3 is 10.1 Å². The highest BCUT2D eigenvalue weighted by Crippen LogP contribution is 2.33. The molecular formula is C12H17F3N2O. The molecule has 0 aliphatic carbocycles. The maximum absolute atomic E-state index is 12.7. The van der Waals surface area contributed by atoms with E-state index < -0.39 is 12.2 Å². The summed E-state index contributed by atoms with van der Waals surface area (Å²) in [5, 5.41) is 3.22. The number of nitrogens with one attached hydrogen (secondary N) is 1. The first kappa shape index (κ1) is 13.4. The van der Waals surface area contributed by atoms with Gasteiger partial charge in [-0.3, -0.25) is 0 Å². The molecule has 0 bridgehead atoms. The molecule has 0 spiro atoms. The molecule has 2 unspecified atom stereocenters. The number of dihydropyridines is 1. The van der Waals surface area contributed by atoms with E-state index in [1.807, 2.05) is 0 Å². The molecule has 18 heavy (non-hydrogen) atoms. The second-order valence-electron chi connectivity index (χ2n) is 4.80. The molecule has 0 aromatic rings. The Hall–Kier alpha value is -1.04. The van der Waals surface area contributed by atoms with Crippen LogP contribution in [-0.4, -0.2) is 38.3 Å². The average molecular weight is 262 g/mol. The molecule has 2 heterocycles. The molecule has 3 nitrogen and oxygen atoms in total. The summed E-state index contributed by atoms with van der Waals surface area (Å²) >= 11 is 0. The Morgan fingerprint density at radius 3 is 2.83 bits per heavy atom. The Labute approximate surface area is 104 Å². The first-order valence-corrected chi connectivity index (χ1v) is 6.07. The van der Waals surface area contributed by atoms with Gasteiger partial charge in [-0.2, -0.15) is 13.2 Å². The molecule has 0 radical (unpaired) electrons. The van der Waals surface area contributed by atoms with Gasteiger partial charge >= 0.3 is 6.18 Å². The fraction of sp³-hybridized carbons (Fsp3) is 0.750. The third-order valence-electron chi connectivity index (χ3n) is 3.37. The minimum atomic E-state index is -4.29. The lowest BCUT2D eigenvalue weighted by molar-refractivity contribution is -0.147. The van der Waals surface area contributed by atoms with Gasteiger partial charge in [0.25, 0.3) is 0 Å². The molecule has 2 aliphatic heterocycles. The summed E-state index contributed by atoms with van der Waals surface area (Å²) in [6, 6.07) is -1.65. The number of nitrogens with zero attached hydrogens (tertiary/aromatic N) is 1. The van der Waals surface area contributed by atoms with Crippen LogP contribution in [0, 0.1) is 5.92 Å². The molecule has 2 aliphatic rings. The molecular weight excluding hydrogens is 245 g/mol. The van der Waals surface area contributed by atoms with Crippen molar-refractivity contribution in [2.24, 2.45) is 10.9 Å². The van der Waals surface area contributed by atoms with Crippen molar-refractivity contribution in [1.82, 2.24) is 5.32 Å². The van der Waals surface area contributed by atoms with Crippen LogP contribution in [0.4, 0.5) is 13.2 Å². The molecule has 0 aromatic heterocycles. The molecule has 0 aromatic carbocycles. The van der Waals surface area contributed by atoms with Crippen LogP contribution in [0.3, 0.4) is 0 Å². The van der Waals surface area contributed by atoms with Crippen molar-refractivity contribution in [3.63, 3.8) is 0 Å². The molecule has 1 fully saturated rings. The van der Waals surface area contributed by atoms with Gasteiger partial charge in [-0.25, -0.2) is 4.99 Å². The Kier molecular flexibility index (Phi) is 3.94. The number of ether oxygens (including phenoxy) is 1. The van der Waals surface area contributed by atoms with Crippen LogP contribution in [-0.2, 0) is 4.74 Å². The summed E-state index contributed by atoms with van der Waals surface area (Å²) in [5.74, 6) is 0.519.